The van der Waals surface area contributed by atoms with E-state index in [1.165, 1.54) is 19.1 Å². The van der Waals surface area contributed by atoms with Gasteiger partial charge in [-0.3, -0.25) is 4.98 Å². The molecule has 1 heterocycles. The van der Waals surface area contributed by atoms with Crippen LogP contribution in [0.4, 0.5) is 8.78 Å². The van der Waals surface area contributed by atoms with Crippen molar-refractivity contribution in [1.29, 1.82) is 0 Å². The number of aromatic carboxylic acids is 1. The number of pyridine rings is 1. The molecule has 1 aromatic heterocycles. The van der Waals surface area contributed by atoms with Gasteiger partial charge in [-0.25, -0.2) is 9.18 Å². The van der Waals surface area contributed by atoms with E-state index in [2.05, 4.69) is 20.9 Å². The van der Waals surface area contributed by atoms with Crippen LogP contribution in [0.5, 0.6) is 11.5 Å². The van der Waals surface area contributed by atoms with Crippen molar-refractivity contribution in [2.75, 3.05) is 0 Å². The van der Waals surface area contributed by atoms with E-state index in [4.69, 9.17) is 4.74 Å². The number of aryl methyl sites for hydroxylation is 2. The lowest BCUT2D eigenvalue weighted by molar-refractivity contribution is 0.0692. The Balaban J connectivity index is 2.57. The Morgan fingerprint density at radius 3 is 2.52 bits per heavy atom. The summed E-state index contributed by atoms with van der Waals surface area (Å²) in [7, 11) is 0. The number of carbonyl (C=O) groups is 1. The number of hydrogen-bond acceptors (Lipinski definition) is 3. The number of nitrogens with zero attached hydrogens (tertiary/aromatic N) is 1. The smallest absolute Gasteiger partial charge is 0.341 e. The van der Waals surface area contributed by atoms with Crippen molar-refractivity contribution in [2.45, 2.75) is 13.8 Å². The minimum Gasteiger partial charge on any atom is -0.477 e. The molecule has 2 aromatic rings. The van der Waals surface area contributed by atoms with Crippen molar-refractivity contribution in [3.05, 3.63) is 51.3 Å². The average Bonchev–Trinajstić information content (AvgIpc) is 2.33. The van der Waals surface area contributed by atoms with Gasteiger partial charge in [0.05, 0.1) is 5.69 Å². The minimum absolute atomic E-state index is 0.0936. The molecule has 0 atom stereocenters. The van der Waals surface area contributed by atoms with E-state index in [-0.39, 0.29) is 21.5 Å². The van der Waals surface area contributed by atoms with Gasteiger partial charge in [0, 0.05) is 16.2 Å². The molecule has 0 spiro atoms. The second-order valence-electron chi connectivity index (χ2n) is 4.33. The van der Waals surface area contributed by atoms with Crippen molar-refractivity contribution in [3.8, 4) is 11.5 Å². The zero-order valence-electron chi connectivity index (χ0n) is 11.1. The minimum atomic E-state index is -1.26. The summed E-state index contributed by atoms with van der Waals surface area (Å²) in [5, 5.41) is 9.20. The summed E-state index contributed by atoms with van der Waals surface area (Å²) in [6.07, 6.45) is 0. The molecule has 1 aromatic carbocycles. The normalized spacial score (nSPS) is 10.5. The summed E-state index contributed by atoms with van der Waals surface area (Å²) in [6.45, 7) is 3.14. The molecular weight excluding hydrogens is 348 g/mol. The summed E-state index contributed by atoms with van der Waals surface area (Å²) in [6, 6.07) is 3.52. The summed E-state index contributed by atoms with van der Waals surface area (Å²) in [4.78, 5) is 15.3. The molecule has 0 fully saturated rings. The first-order valence-corrected chi connectivity index (χ1v) is 6.63. The summed E-state index contributed by atoms with van der Waals surface area (Å²) >= 11 is 3.02. The highest BCUT2D eigenvalue weighted by molar-refractivity contribution is 9.10. The molecule has 4 nitrogen and oxygen atoms in total. The van der Waals surface area contributed by atoms with Crippen molar-refractivity contribution in [2.24, 2.45) is 0 Å². The number of carboxylic acids is 1. The third kappa shape index (κ3) is 3.18. The molecule has 0 unspecified atom stereocenters. The molecule has 0 aliphatic carbocycles. The number of rotatable bonds is 3. The van der Waals surface area contributed by atoms with Gasteiger partial charge in [-0.1, -0.05) is 15.9 Å². The molecule has 7 heteroatoms. The number of benzene rings is 1. The first-order valence-electron chi connectivity index (χ1n) is 5.83. The van der Waals surface area contributed by atoms with Gasteiger partial charge < -0.3 is 9.84 Å². The third-order valence-electron chi connectivity index (χ3n) is 2.69. The Hall–Kier alpha value is -2.02. The highest BCUT2D eigenvalue weighted by atomic mass is 79.9. The van der Waals surface area contributed by atoms with Gasteiger partial charge in [-0.05, 0) is 26.0 Å². The summed E-state index contributed by atoms with van der Waals surface area (Å²) in [5.41, 5.74) is 0.539. The van der Waals surface area contributed by atoms with E-state index < -0.39 is 23.4 Å². The fourth-order valence-electron chi connectivity index (χ4n) is 1.86. The van der Waals surface area contributed by atoms with Crippen LogP contribution in [-0.4, -0.2) is 16.1 Å². The fourth-order valence-corrected chi connectivity index (χ4v) is 2.27. The molecule has 0 bridgehead atoms. The van der Waals surface area contributed by atoms with Gasteiger partial charge in [-0.2, -0.15) is 4.39 Å². The van der Waals surface area contributed by atoms with Crippen LogP contribution in [0.25, 0.3) is 0 Å². The average molecular weight is 358 g/mol. The maximum Gasteiger partial charge on any atom is 0.341 e. The molecule has 2 rings (SSSR count). The standard InChI is InChI=1S/C14H10BrF2NO3/c1-6-3-10(12(14(19)20)7(2)18-6)21-11-5-8(15)4-9(16)13(11)17/h3-5H,1-2H3,(H,19,20). The molecule has 0 aliphatic heterocycles. The largest absolute Gasteiger partial charge is 0.477 e. The second-order valence-corrected chi connectivity index (χ2v) is 5.24. The lowest BCUT2D eigenvalue weighted by Gasteiger charge is -2.12. The lowest BCUT2D eigenvalue weighted by Crippen LogP contribution is -2.06. The Kier molecular flexibility index (Phi) is 4.22. The van der Waals surface area contributed by atoms with Gasteiger partial charge in [0.2, 0.25) is 5.82 Å². The van der Waals surface area contributed by atoms with E-state index >= 15 is 0 Å². The topological polar surface area (TPSA) is 59.4 Å². The molecule has 0 amide bonds. The van der Waals surface area contributed by atoms with E-state index in [1.54, 1.807) is 6.92 Å². The van der Waals surface area contributed by atoms with Crippen molar-refractivity contribution in [1.82, 2.24) is 4.98 Å². The number of halogens is 3. The van der Waals surface area contributed by atoms with Crippen LogP contribution in [-0.2, 0) is 0 Å². The van der Waals surface area contributed by atoms with E-state index in [0.29, 0.717) is 5.69 Å². The van der Waals surface area contributed by atoms with Crippen LogP contribution in [0.3, 0.4) is 0 Å². The molecule has 0 saturated heterocycles. The Labute approximate surface area is 127 Å². The number of hydrogen-bond donors (Lipinski definition) is 1. The fraction of sp³-hybridized carbons (Fsp3) is 0.143. The first kappa shape index (κ1) is 15.4. The lowest BCUT2D eigenvalue weighted by atomic mass is 10.1. The third-order valence-corrected chi connectivity index (χ3v) is 3.14. The zero-order valence-corrected chi connectivity index (χ0v) is 12.7. The maximum absolute atomic E-state index is 13.7. The Morgan fingerprint density at radius 2 is 1.90 bits per heavy atom. The molecule has 1 N–H and O–H groups in total. The van der Waals surface area contributed by atoms with Crippen LogP contribution in [0.2, 0.25) is 0 Å². The molecule has 0 saturated carbocycles. The van der Waals surface area contributed by atoms with Crippen molar-refractivity contribution >= 4 is 21.9 Å². The number of ether oxygens (including phenoxy) is 1. The van der Waals surface area contributed by atoms with Crippen molar-refractivity contribution < 1.29 is 23.4 Å². The highest BCUT2D eigenvalue weighted by Gasteiger charge is 2.20. The van der Waals surface area contributed by atoms with Gasteiger partial charge in [0.1, 0.15) is 11.3 Å². The molecule has 0 aliphatic rings. The number of aromatic nitrogens is 1. The van der Waals surface area contributed by atoms with Gasteiger partial charge in [0.15, 0.2) is 11.6 Å². The molecule has 110 valence electrons. The summed E-state index contributed by atoms with van der Waals surface area (Å²) in [5.74, 6) is -4.05. The zero-order chi connectivity index (χ0) is 15.7. The van der Waals surface area contributed by atoms with E-state index in [0.717, 1.165) is 6.07 Å². The van der Waals surface area contributed by atoms with Crippen LogP contribution in [0.15, 0.2) is 22.7 Å². The maximum atomic E-state index is 13.7. The Morgan fingerprint density at radius 1 is 1.24 bits per heavy atom. The van der Waals surface area contributed by atoms with E-state index in [1.807, 2.05) is 0 Å². The highest BCUT2D eigenvalue weighted by Crippen LogP contribution is 2.32. The van der Waals surface area contributed by atoms with Crippen molar-refractivity contribution in [3.63, 3.8) is 0 Å². The van der Waals surface area contributed by atoms with E-state index in [9.17, 15) is 18.7 Å². The second kappa shape index (κ2) is 5.77. The first-order chi connectivity index (χ1) is 9.79. The predicted octanol–water partition coefficient (Wildman–Crippen LogP) is 4.23. The molecule has 21 heavy (non-hydrogen) atoms. The van der Waals surface area contributed by atoms with Crippen LogP contribution in [0.1, 0.15) is 21.7 Å². The van der Waals surface area contributed by atoms with Crippen LogP contribution < -0.4 is 4.74 Å². The molecule has 0 radical (unpaired) electrons. The molecular formula is C14H10BrF2NO3. The predicted molar refractivity (Wildman–Crippen MR) is 74.8 cm³/mol. The van der Waals surface area contributed by atoms with Crippen LogP contribution >= 0.6 is 15.9 Å². The van der Waals surface area contributed by atoms with Crippen LogP contribution in [0, 0.1) is 25.5 Å². The van der Waals surface area contributed by atoms with Gasteiger partial charge in [0.25, 0.3) is 0 Å². The van der Waals surface area contributed by atoms with Gasteiger partial charge >= 0.3 is 5.97 Å². The summed E-state index contributed by atoms with van der Waals surface area (Å²) < 4.78 is 32.6. The quantitative estimate of drug-likeness (QED) is 0.835. The van der Waals surface area contributed by atoms with Gasteiger partial charge in [-0.15, -0.1) is 0 Å². The SMILES string of the molecule is Cc1cc(Oc2cc(Br)cc(F)c2F)c(C(=O)O)c(C)n1. The number of carboxylic acid groups (broad SMARTS) is 1. The monoisotopic (exact) mass is 357 g/mol. The Bertz CT molecular complexity index is 735.